The molecular weight excluding hydrogens is 292 g/mol. The van der Waals surface area contributed by atoms with Crippen LogP contribution in [0.5, 0.6) is 0 Å². The van der Waals surface area contributed by atoms with E-state index in [0.717, 1.165) is 17.7 Å². The summed E-state index contributed by atoms with van der Waals surface area (Å²) in [7, 11) is 0. The summed E-state index contributed by atoms with van der Waals surface area (Å²) in [6.45, 7) is 0. The van der Waals surface area contributed by atoms with Gasteiger partial charge in [-0.25, -0.2) is 0 Å². The summed E-state index contributed by atoms with van der Waals surface area (Å²) >= 11 is 7.87. The first kappa shape index (κ1) is 13.5. The van der Waals surface area contributed by atoms with Crippen molar-refractivity contribution in [3.63, 3.8) is 0 Å². The second-order valence-corrected chi connectivity index (χ2v) is 6.15. The van der Waals surface area contributed by atoms with E-state index in [2.05, 4.69) is 10.3 Å². The number of nitrogens with one attached hydrogen (secondary N) is 1. The number of rotatable bonds is 2. The van der Waals surface area contributed by atoms with Gasteiger partial charge in [-0.3, -0.25) is 9.78 Å². The highest BCUT2D eigenvalue weighted by atomic mass is 35.5. The lowest BCUT2D eigenvalue weighted by Crippen LogP contribution is -2.30. The third-order valence-corrected chi connectivity index (χ3v) is 4.62. The number of halogens is 1. The molecule has 1 aromatic carbocycles. The lowest BCUT2D eigenvalue weighted by molar-refractivity contribution is 0.0935. The zero-order valence-corrected chi connectivity index (χ0v) is 12.2. The summed E-state index contributed by atoms with van der Waals surface area (Å²) in [6, 6.07) is 9.30. The van der Waals surface area contributed by atoms with E-state index in [1.165, 1.54) is 4.90 Å². The molecule has 3 nitrogen and oxygen atoms in total. The highest BCUT2D eigenvalue weighted by Crippen LogP contribution is 2.37. The molecule has 1 N–H and O–H groups in total. The van der Waals surface area contributed by atoms with Gasteiger partial charge < -0.3 is 5.32 Å². The number of carbonyl (C=O) groups is 1. The van der Waals surface area contributed by atoms with Crippen LogP contribution >= 0.6 is 23.4 Å². The summed E-state index contributed by atoms with van der Waals surface area (Å²) < 4.78 is 0. The van der Waals surface area contributed by atoms with E-state index in [9.17, 15) is 4.79 Å². The molecule has 0 unspecified atom stereocenters. The van der Waals surface area contributed by atoms with Crippen molar-refractivity contribution in [1.82, 2.24) is 10.3 Å². The van der Waals surface area contributed by atoms with Crippen molar-refractivity contribution < 1.29 is 4.79 Å². The van der Waals surface area contributed by atoms with Gasteiger partial charge in [-0.15, -0.1) is 11.8 Å². The smallest absolute Gasteiger partial charge is 0.251 e. The first-order valence-corrected chi connectivity index (χ1v) is 7.73. The van der Waals surface area contributed by atoms with Gasteiger partial charge in [-0.1, -0.05) is 11.6 Å². The fraction of sp³-hybridized carbons (Fsp3) is 0.200. The highest BCUT2D eigenvalue weighted by Gasteiger charge is 2.23. The van der Waals surface area contributed by atoms with Gasteiger partial charge in [0.25, 0.3) is 5.91 Å². The summed E-state index contributed by atoms with van der Waals surface area (Å²) in [5, 5.41) is 3.78. The average molecular weight is 305 g/mol. The number of aromatic nitrogens is 1. The molecule has 0 radical (unpaired) electrons. The number of pyridine rings is 1. The molecule has 20 heavy (non-hydrogen) atoms. The molecule has 1 aliphatic heterocycles. The number of hydrogen-bond acceptors (Lipinski definition) is 3. The standard InChI is InChI=1S/C15H13ClN2OS/c16-11-1-2-14-12(9-11)13(5-8-20-14)18-15(19)10-3-6-17-7-4-10/h1-4,6-7,9,13H,5,8H2,(H,18,19)/t13-/m1/s1. The quantitative estimate of drug-likeness (QED) is 0.920. The molecule has 0 saturated carbocycles. The Labute approximate surface area is 126 Å². The number of fused-ring (bicyclic) bond motifs is 1. The van der Waals surface area contributed by atoms with Crippen molar-refractivity contribution in [3.8, 4) is 0 Å². The SMILES string of the molecule is O=C(N[C@@H]1CCSc2ccc(Cl)cc21)c1ccncc1. The Bertz CT molecular complexity index is 633. The molecule has 0 fully saturated rings. The van der Waals surface area contributed by atoms with E-state index in [4.69, 9.17) is 11.6 Å². The number of benzene rings is 1. The van der Waals surface area contributed by atoms with Crippen molar-refractivity contribution in [2.24, 2.45) is 0 Å². The summed E-state index contributed by atoms with van der Waals surface area (Å²) in [5.41, 5.74) is 1.73. The fourth-order valence-corrected chi connectivity index (χ4v) is 3.55. The normalized spacial score (nSPS) is 17.4. The van der Waals surface area contributed by atoms with E-state index in [0.29, 0.717) is 10.6 Å². The Morgan fingerprint density at radius 1 is 1.30 bits per heavy atom. The first-order valence-electron chi connectivity index (χ1n) is 6.37. The molecule has 0 spiro atoms. The van der Waals surface area contributed by atoms with E-state index in [-0.39, 0.29) is 11.9 Å². The van der Waals surface area contributed by atoms with Crippen molar-refractivity contribution in [3.05, 3.63) is 58.9 Å². The van der Waals surface area contributed by atoms with Gasteiger partial charge in [0.05, 0.1) is 6.04 Å². The minimum atomic E-state index is -0.0739. The third-order valence-electron chi connectivity index (χ3n) is 3.26. The summed E-state index contributed by atoms with van der Waals surface area (Å²) in [4.78, 5) is 17.3. The monoisotopic (exact) mass is 304 g/mol. The predicted octanol–water partition coefficient (Wildman–Crippen LogP) is 3.70. The molecule has 1 amide bonds. The Kier molecular flexibility index (Phi) is 3.94. The van der Waals surface area contributed by atoms with Crippen molar-refractivity contribution >= 4 is 29.3 Å². The minimum absolute atomic E-state index is 0.0191. The second kappa shape index (κ2) is 5.85. The van der Waals surface area contributed by atoms with Gasteiger partial charge in [-0.2, -0.15) is 0 Å². The molecule has 5 heteroatoms. The summed E-state index contributed by atoms with van der Waals surface area (Å²) in [5.74, 6) is 0.922. The average Bonchev–Trinajstić information content (AvgIpc) is 2.49. The molecule has 0 aliphatic carbocycles. The summed E-state index contributed by atoms with van der Waals surface area (Å²) in [6.07, 6.45) is 4.15. The number of nitrogens with zero attached hydrogens (tertiary/aromatic N) is 1. The Morgan fingerprint density at radius 3 is 2.90 bits per heavy atom. The van der Waals surface area contributed by atoms with E-state index < -0.39 is 0 Å². The third kappa shape index (κ3) is 2.81. The van der Waals surface area contributed by atoms with Crippen molar-refractivity contribution in [1.29, 1.82) is 0 Å². The second-order valence-electron chi connectivity index (χ2n) is 4.58. The Balaban J connectivity index is 1.83. The van der Waals surface area contributed by atoms with Crippen LogP contribution in [0.3, 0.4) is 0 Å². The van der Waals surface area contributed by atoms with E-state index in [1.807, 2.05) is 18.2 Å². The van der Waals surface area contributed by atoms with Gasteiger partial charge in [-0.05, 0) is 42.3 Å². The van der Waals surface area contributed by atoms with Crippen LogP contribution < -0.4 is 5.32 Å². The largest absolute Gasteiger partial charge is 0.345 e. The number of amides is 1. The Morgan fingerprint density at radius 2 is 2.10 bits per heavy atom. The van der Waals surface area contributed by atoms with Gasteiger partial charge in [0.1, 0.15) is 0 Å². The molecule has 0 bridgehead atoms. The van der Waals surface area contributed by atoms with Gasteiger partial charge >= 0.3 is 0 Å². The van der Waals surface area contributed by atoms with Crippen LogP contribution in [-0.4, -0.2) is 16.6 Å². The minimum Gasteiger partial charge on any atom is -0.345 e. The van der Waals surface area contributed by atoms with Crippen LogP contribution in [0.15, 0.2) is 47.6 Å². The van der Waals surface area contributed by atoms with Crippen LogP contribution in [-0.2, 0) is 0 Å². The van der Waals surface area contributed by atoms with E-state index in [1.54, 1.807) is 36.3 Å². The van der Waals surface area contributed by atoms with Gasteiger partial charge in [0.15, 0.2) is 0 Å². The van der Waals surface area contributed by atoms with Crippen LogP contribution in [0.25, 0.3) is 0 Å². The van der Waals surface area contributed by atoms with Crippen LogP contribution in [0.2, 0.25) is 5.02 Å². The fourth-order valence-electron chi connectivity index (χ4n) is 2.26. The maximum atomic E-state index is 12.2. The maximum absolute atomic E-state index is 12.2. The molecule has 0 saturated heterocycles. The molecule has 1 atom stereocenters. The van der Waals surface area contributed by atoms with Crippen LogP contribution in [0.1, 0.15) is 28.4 Å². The van der Waals surface area contributed by atoms with Crippen LogP contribution in [0, 0.1) is 0 Å². The molecule has 3 rings (SSSR count). The van der Waals surface area contributed by atoms with Crippen molar-refractivity contribution in [2.75, 3.05) is 5.75 Å². The lowest BCUT2D eigenvalue weighted by Gasteiger charge is -2.26. The molecule has 1 aromatic heterocycles. The number of hydrogen-bond donors (Lipinski definition) is 1. The number of thioether (sulfide) groups is 1. The molecule has 102 valence electrons. The zero-order chi connectivity index (χ0) is 13.9. The highest BCUT2D eigenvalue weighted by molar-refractivity contribution is 7.99. The van der Waals surface area contributed by atoms with Crippen LogP contribution in [0.4, 0.5) is 0 Å². The zero-order valence-electron chi connectivity index (χ0n) is 10.7. The van der Waals surface area contributed by atoms with Crippen molar-refractivity contribution in [2.45, 2.75) is 17.4 Å². The van der Waals surface area contributed by atoms with Gasteiger partial charge in [0.2, 0.25) is 0 Å². The molecule has 1 aliphatic rings. The Hall–Kier alpha value is -1.52. The first-order chi connectivity index (χ1) is 9.74. The predicted molar refractivity (Wildman–Crippen MR) is 81.2 cm³/mol. The maximum Gasteiger partial charge on any atom is 0.251 e. The molecule has 2 heterocycles. The van der Waals surface area contributed by atoms with E-state index >= 15 is 0 Å². The molecule has 2 aromatic rings. The lowest BCUT2D eigenvalue weighted by atomic mass is 10.0. The molecular formula is C15H13ClN2OS. The topological polar surface area (TPSA) is 42.0 Å². The number of carbonyl (C=O) groups excluding carboxylic acids is 1. The van der Waals surface area contributed by atoms with Gasteiger partial charge in [0, 0.05) is 33.6 Å².